The molecule has 144 valence electrons. The van der Waals surface area contributed by atoms with Crippen LogP contribution in [0, 0.1) is 13.8 Å². The van der Waals surface area contributed by atoms with E-state index in [-0.39, 0.29) is 24.4 Å². The second-order valence-electron chi connectivity index (χ2n) is 6.76. The Bertz CT molecular complexity index is 820. The molecule has 0 aliphatic carbocycles. The van der Waals surface area contributed by atoms with Crippen molar-refractivity contribution in [3.63, 3.8) is 0 Å². The van der Waals surface area contributed by atoms with E-state index in [0.29, 0.717) is 11.4 Å². The minimum atomic E-state index is -0.388. The first-order valence-electron chi connectivity index (χ1n) is 8.95. The summed E-state index contributed by atoms with van der Waals surface area (Å²) in [6.45, 7) is 5.98. The fourth-order valence-electron chi connectivity index (χ4n) is 2.66. The Morgan fingerprint density at radius 2 is 1.81 bits per heavy atom. The summed E-state index contributed by atoms with van der Waals surface area (Å²) < 4.78 is 5.16. The third-order valence-electron chi connectivity index (χ3n) is 4.79. The van der Waals surface area contributed by atoms with Crippen molar-refractivity contribution < 1.29 is 19.2 Å². The first kappa shape index (κ1) is 20.5. The smallest absolute Gasteiger partial charge is 0.282 e. The van der Waals surface area contributed by atoms with E-state index in [1.807, 2.05) is 51.2 Å². The number of aryl methyl sites for hydroxylation is 1. The topological polar surface area (TPSA) is 71.9 Å². The van der Waals surface area contributed by atoms with E-state index in [1.165, 1.54) is 0 Å². The van der Waals surface area contributed by atoms with E-state index >= 15 is 0 Å². The van der Waals surface area contributed by atoms with Crippen LogP contribution >= 0.6 is 0 Å². The van der Waals surface area contributed by atoms with Crippen molar-refractivity contribution in [2.45, 2.75) is 26.8 Å². The largest absolute Gasteiger partial charge is 0.497 e. The number of nitrogens with one attached hydrogen (secondary N) is 3. The zero-order chi connectivity index (χ0) is 20.0. The van der Waals surface area contributed by atoms with Crippen LogP contribution in [0.5, 0.6) is 5.75 Å². The van der Waals surface area contributed by atoms with Crippen LogP contribution in [0.15, 0.2) is 42.5 Å². The van der Waals surface area contributed by atoms with Crippen molar-refractivity contribution >= 4 is 23.2 Å². The predicted molar refractivity (Wildman–Crippen MR) is 107 cm³/mol. The molecule has 0 aromatic heterocycles. The van der Waals surface area contributed by atoms with Crippen LogP contribution < -0.4 is 20.3 Å². The van der Waals surface area contributed by atoms with E-state index in [2.05, 4.69) is 10.6 Å². The van der Waals surface area contributed by atoms with Gasteiger partial charge < -0.3 is 20.3 Å². The van der Waals surface area contributed by atoms with Crippen LogP contribution in [0.25, 0.3) is 0 Å². The average Bonchev–Trinajstić information content (AvgIpc) is 2.64. The SMILES string of the molecule is COc1cccc(NC(=O)[C@@H](C)[NH+](C)CC(=O)Nc2cccc(C)c2C)c1. The first-order valence-corrected chi connectivity index (χ1v) is 8.95. The maximum absolute atomic E-state index is 12.5. The molecule has 0 spiro atoms. The van der Waals surface area contributed by atoms with Crippen molar-refractivity contribution in [1.29, 1.82) is 0 Å². The Morgan fingerprint density at radius 3 is 2.52 bits per heavy atom. The molecule has 0 aliphatic rings. The number of anilines is 2. The van der Waals surface area contributed by atoms with Crippen LogP contribution in [-0.2, 0) is 9.59 Å². The molecule has 0 radical (unpaired) electrons. The number of carbonyl (C=O) groups is 2. The average molecular weight is 370 g/mol. The third kappa shape index (κ3) is 5.56. The Morgan fingerprint density at radius 1 is 1.11 bits per heavy atom. The summed E-state index contributed by atoms with van der Waals surface area (Å²) in [5.74, 6) is 0.400. The van der Waals surface area contributed by atoms with Gasteiger partial charge >= 0.3 is 0 Å². The highest BCUT2D eigenvalue weighted by Gasteiger charge is 2.24. The molecule has 2 aromatic rings. The second-order valence-corrected chi connectivity index (χ2v) is 6.76. The summed E-state index contributed by atoms with van der Waals surface area (Å²) in [6.07, 6.45) is 0. The van der Waals surface area contributed by atoms with Gasteiger partial charge in [-0.15, -0.1) is 0 Å². The van der Waals surface area contributed by atoms with Crippen LogP contribution in [0.3, 0.4) is 0 Å². The Labute approximate surface area is 160 Å². The van der Waals surface area contributed by atoms with Crippen molar-refractivity contribution in [3.05, 3.63) is 53.6 Å². The van der Waals surface area contributed by atoms with Gasteiger partial charge in [-0.1, -0.05) is 18.2 Å². The summed E-state index contributed by atoms with van der Waals surface area (Å²) in [4.78, 5) is 25.7. The molecule has 0 saturated carbocycles. The third-order valence-corrected chi connectivity index (χ3v) is 4.79. The minimum Gasteiger partial charge on any atom is -0.497 e. The number of amides is 2. The lowest BCUT2D eigenvalue weighted by Crippen LogP contribution is -3.14. The van der Waals surface area contributed by atoms with Crippen molar-refractivity contribution in [2.75, 3.05) is 31.3 Å². The van der Waals surface area contributed by atoms with E-state index in [1.54, 1.807) is 26.2 Å². The van der Waals surface area contributed by atoms with Gasteiger partial charge in [0.2, 0.25) is 0 Å². The molecule has 0 fully saturated rings. The van der Waals surface area contributed by atoms with Gasteiger partial charge in [0.25, 0.3) is 11.8 Å². The number of hydrogen-bond acceptors (Lipinski definition) is 3. The number of carbonyl (C=O) groups excluding carboxylic acids is 2. The molecule has 2 aromatic carbocycles. The molecule has 6 heteroatoms. The molecule has 0 bridgehead atoms. The lowest BCUT2D eigenvalue weighted by atomic mass is 10.1. The highest BCUT2D eigenvalue weighted by atomic mass is 16.5. The zero-order valence-electron chi connectivity index (χ0n) is 16.6. The zero-order valence-corrected chi connectivity index (χ0v) is 16.6. The molecule has 2 atom stereocenters. The van der Waals surface area contributed by atoms with Crippen LogP contribution in [0.2, 0.25) is 0 Å². The van der Waals surface area contributed by atoms with Gasteiger partial charge in [-0.25, -0.2) is 0 Å². The van der Waals surface area contributed by atoms with Gasteiger partial charge in [-0.3, -0.25) is 9.59 Å². The summed E-state index contributed by atoms with van der Waals surface area (Å²) >= 11 is 0. The molecule has 3 N–H and O–H groups in total. The number of benzene rings is 2. The molecular weight excluding hydrogens is 342 g/mol. The van der Waals surface area contributed by atoms with Crippen molar-refractivity contribution in [1.82, 2.24) is 0 Å². The summed E-state index contributed by atoms with van der Waals surface area (Å²) in [5.41, 5.74) is 3.65. The van der Waals surface area contributed by atoms with Crippen molar-refractivity contribution in [2.24, 2.45) is 0 Å². The first-order chi connectivity index (χ1) is 12.8. The maximum atomic E-state index is 12.5. The summed E-state index contributed by atoms with van der Waals surface area (Å²) in [6, 6.07) is 12.6. The van der Waals surface area contributed by atoms with Crippen LogP contribution in [0.4, 0.5) is 11.4 Å². The molecule has 0 heterocycles. The van der Waals surface area contributed by atoms with Crippen LogP contribution in [-0.4, -0.2) is 38.6 Å². The summed E-state index contributed by atoms with van der Waals surface area (Å²) in [7, 11) is 3.41. The number of rotatable bonds is 7. The minimum absolute atomic E-state index is 0.123. The lowest BCUT2D eigenvalue weighted by molar-refractivity contribution is -0.885. The van der Waals surface area contributed by atoms with Gasteiger partial charge in [0.1, 0.15) is 5.75 Å². The highest BCUT2D eigenvalue weighted by Crippen LogP contribution is 2.18. The Kier molecular flexibility index (Phi) is 6.96. The second kappa shape index (κ2) is 9.19. The van der Waals surface area contributed by atoms with Gasteiger partial charge in [0.15, 0.2) is 12.6 Å². The van der Waals surface area contributed by atoms with E-state index in [9.17, 15) is 9.59 Å². The molecule has 6 nitrogen and oxygen atoms in total. The molecule has 2 amide bonds. The molecule has 2 rings (SSSR count). The summed E-state index contributed by atoms with van der Waals surface area (Å²) in [5, 5.41) is 5.80. The van der Waals surface area contributed by atoms with Gasteiger partial charge in [0, 0.05) is 17.4 Å². The van der Waals surface area contributed by atoms with E-state index in [4.69, 9.17) is 4.74 Å². The highest BCUT2D eigenvalue weighted by molar-refractivity contribution is 5.95. The number of quaternary nitrogens is 1. The van der Waals surface area contributed by atoms with Crippen LogP contribution in [0.1, 0.15) is 18.1 Å². The Balaban J connectivity index is 1.93. The predicted octanol–water partition coefficient (Wildman–Crippen LogP) is 1.79. The molecule has 1 unspecified atom stereocenters. The van der Waals surface area contributed by atoms with Gasteiger partial charge in [0.05, 0.1) is 14.2 Å². The number of likely N-dealkylation sites (N-methyl/N-ethyl adjacent to an activating group) is 1. The van der Waals surface area contributed by atoms with E-state index in [0.717, 1.165) is 21.7 Å². The lowest BCUT2D eigenvalue weighted by Gasteiger charge is -2.21. The molecule has 27 heavy (non-hydrogen) atoms. The van der Waals surface area contributed by atoms with Gasteiger partial charge in [-0.2, -0.15) is 0 Å². The standard InChI is InChI=1S/C21H27N3O3/c1-14-8-6-11-19(15(14)2)23-20(25)13-24(4)16(3)21(26)22-17-9-7-10-18(12-17)27-5/h6-12,16H,13H2,1-5H3,(H,22,26)(H,23,25)/p+1/t16-/m1/s1. The number of hydrogen-bond donors (Lipinski definition) is 3. The quantitative estimate of drug-likeness (QED) is 0.696. The van der Waals surface area contributed by atoms with Gasteiger partial charge in [-0.05, 0) is 50.1 Å². The number of methoxy groups -OCH3 is 1. The molecular formula is C21H28N3O3+. The molecule has 0 aliphatic heterocycles. The normalized spacial score (nSPS) is 12.8. The fraction of sp³-hybridized carbons (Fsp3) is 0.333. The fourth-order valence-corrected chi connectivity index (χ4v) is 2.66. The molecule has 0 saturated heterocycles. The Hall–Kier alpha value is -2.86. The van der Waals surface area contributed by atoms with Crippen molar-refractivity contribution in [3.8, 4) is 5.75 Å². The maximum Gasteiger partial charge on any atom is 0.282 e. The van der Waals surface area contributed by atoms with E-state index < -0.39 is 0 Å². The monoisotopic (exact) mass is 370 g/mol. The number of ether oxygens (including phenoxy) is 1.